The van der Waals surface area contributed by atoms with Gasteiger partial charge in [0.15, 0.2) is 0 Å². The van der Waals surface area contributed by atoms with Crippen LogP contribution in [0.25, 0.3) is 0 Å². The summed E-state index contributed by atoms with van der Waals surface area (Å²) in [6.07, 6.45) is 1.30. The predicted molar refractivity (Wildman–Crippen MR) is 68.9 cm³/mol. The van der Waals surface area contributed by atoms with E-state index in [0.29, 0.717) is 10.8 Å². The third kappa shape index (κ3) is 1.87. The van der Waals surface area contributed by atoms with Crippen molar-refractivity contribution in [3.63, 3.8) is 0 Å². The van der Waals surface area contributed by atoms with Gasteiger partial charge >= 0.3 is 0 Å². The molecule has 0 amide bonds. The first kappa shape index (κ1) is 11.2. The van der Waals surface area contributed by atoms with Crippen LogP contribution in [0.1, 0.15) is 62.8 Å². The van der Waals surface area contributed by atoms with E-state index in [-0.39, 0.29) is 0 Å². The molecule has 1 aliphatic carbocycles. The van der Waals surface area contributed by atoms with Crippen molar-refractivity contribution in [3.05, 3.63) is 21.4 Å². The molecular formula is C14H22S. The number of hydrogen-bond acceptors (Lipinski definition) is 1. The lowest BCUT2D eigenvalue weighted by molar-refractivity contribution is 0.297. The van der Waals surface area contributed by atoms with Crippen LogP contribution in [0.2, 0.25) is 0 Å². The summed E-state index contributed by atoms with van der Waals surface area (Å²) in [6, 6.07) is 2.43. The third-order valence-electron chi connectivity index (χ3n) is 3.37. The highest BCUT2D eigenvalue weighted by molar-refractivity contribution is 7.12. The van der Waals surface area contributed by atoms with Crippen LogP contribution in [-0.2, 0) is 11.8 Å². The summed E-state index contributed by atoms with van der Waals surface area (Å²) in [5, 5.41) is 0. The van der Waals surface area contributed by atoms with Crippen molar-refractivity contribution in [2.75, 3.05) is 0 Å². The minimum absolute atomic E-state index is 0.324. The van der Waals surface area contributed by atoms with Gasteiger partial charge in [-0.05, 0) is 28.9 Å². The van der Waals surface area contributed by atoms with Crippen LogP contribution >= 0.6 is 11.3 Å². The maximum absolute atomic E-state index is 2.43. The minimum Gasteiger partial charge on any atom is -0.144 e. The zero-order valence-electron chi connectivity index (χ0n) is 10.8. The molecule has 1 atom stereocenters. The van der Waals surface area contributed by atoms with Crippen molar-refractivity contribution in [2.45, 2.75) is 59.3 Å². The van der Waals surface area contributed by atoms with Crippen LogP contribution in [0, 0.1) is 5.41 Å². The summed E-state index contributed by atoms with van der Waals surface area (Å²) < 4.78 is 0. The first-order chi connectivity index (χ1) is 6.69. The Kier molecular flexibility index (Phi) is 2.31. The van der Waals surface area contributed by atoms with E-state index >= 15 is 0 Å². The van der Waals surface area contributed by atoms with E-state index in [1.807, 2.05) is 11.3 Å². The topological polar surface area (TPSA) is 0 Å². The summed E-state index contributed by atoms with van der Waals surface area (Å²) in [6.45, 7) is 14.0. The smallest absolute Gasteiger partial charge is 0.0120 e. The minimum atomic E-state index is 0.324. The molecule has 0 N–H and O–H groups in total. The lowest BCUT2D eigenvalue weighted by atomic mass is 9.69. The second-order valence-electron chi connectivity index (χ2n) is 6.87. The van der Waals surface area contributed by atoms with E-state index in [1.54, 1.807) is 15.3 Å². The Bertz CT molecular complexity index is 371. The van der Waals surface area contributed by atoms with E-state index < -0.39 is 0 Å². The largest absolute Gasteiger partial charge is 0.144 e. The van der Waals surface area contributed by atoms with Crippen molar-refractivity contribution in [1.29, 1.82) is 0 Å². The molecule has 0 radical (unpaired) electrons. The summed E-state index contributed by atoms with van der Waals surface area (Å²) in [4.78, 5) is 3.21. The molecule has 1 unspecified atom stereocenters. The van der Waals surface area contributed by atoms with Gasteiger partial charge in [0.2, 0.25) is 0 Å². The van der Waals surface area contributed by atoms with Gasteiger partial charge in [-0.1, -0.05) is 41.5 Å². The molecule has 2 rings (SSSR count). The van der Waals surface area contributed by atoms with Crippen LogP contribution in [0.4, 0.5) is 0 Å². The van der Waals surface area contributed by atoms with Gasteiger partial charge in [0, 0.05) is 15.7 Å². The van der Waals surface area contributed by atoms with Crippen LogP contribution in [0.15, 0.2) is 6.07 Å². The number of fused-ring (bicyclic) bond motifs is 1. The average molecular weight is 222 g/mol. The van der Waals surface area contributed by atoms with Gasteiger partial charge < -0.3 is 0 Å². The molecule has 0 spiro atoms. The molecule has 1 aromatic rings. The molecule has 0 nitrogen and oxygen atoms in total. The van der Waals surface area contributed by atoms with Crippen LogP contribution in [-0.4, -0.2) is 0 Å². The van der Waals surface area contributed by atoms with Gasteiger partial charge in [0.1, 0.15) is 0 Å². The summed E-state index contributed by atoms with van der Waals surface area (Å²) in [5.41, 5.74) is 2.38. The molecule has 15 heavy (non-hydrogen) atoms. The van der Waals surface area contributed by atoms with Crippen LogP contribution in [0.5, 0.6) is 0 Å². The second-order valence-corrected chi connectivity index (χ2v) is 7.96. The van der Waals surface area contributed by atoms with Gasteiger partial charge in [0.05, 0.1) is 0 Å². The fraction of sp³-hybridized carbons (Fsp3) is 0.714. The van der Waals surface area contributed by atoms with Crippen molar-refractivity contribution in [3.8, 4) is 0 Å². The Morgan fingerprint density at radius 3 is 2.20 bits per heavy atom. The Hall–Kier alpha value is -0.300. The zero-order chi connectivity index (χ0) is 11.4. The van der Waals surface area contributed by atoms with Crippen molar-refractivity contribution in [1.82, 2.24) is 0 Å². The van der Waals surface area contributed by atoms with E-state index in [9.17, 15) is 0 Å². The molecule has 0 saturated carbocycles. The molecule has 0 aliphatic heterocycles. The quantitative estimate of drug-likeness (QED) is 0.595. The van der Waals surface area contributed by atoms with Crippen LogP contribution < -0.4 is 0 Å². The SMILES string of the molecule is CC(C)(C)c1cc2c(s1)C(C(C)(C)C)C2. The Labute approximate surface area is 97.7 Å². The number of thiophene rings is 1. The highest BCUT2D eigenvalue weighted by Crippen LogP contribution is 2.52. The van der Waals surface area contributed by atoms with E-state index in [4.69, 9.17) is 0 Å². The maximum atomic E-state index is 2.43. The van der Waals surface area contributed by atoms with Gasteiger partial charge in [-0.25, -0.2) is 0 Å². The standard InChI is InChI=1S/C14H22S/c1-13(2,3)10-7-9-8-11(14(4,5)6)15-12(9)10/h8,10H,7H2,1-6H3. The normalized spacial score (nSPS) is 21.1. The molecule has 0 saturated heterocycles. The summed E-state index contributed by atoms with van der Waals surface area (Å²) in [7, 11) is 0. The highest BCUT2D eigenvalue weighted by atomic mass is 32.1. The zero-order valence-corrected chi connectivity index (χ0v) is 11.6. The molecular weight excluding hydrogens is 200 g/mol. The van der Waals surface area contributed by atoms with Gasteiger partial charge in [-0.15, -0.1) is 11.3 Å². The van der Waals surface area contributed by atoms with Crippen molar-refractivity contribution >= 4 is 11.3 Å². The third-order valence-corrected chi connectivity index (χ3v) is 5.08. The van der Waals surface area contributed by atoms with E-state index in [2.05, 4.69) is 47.6 Å². The monoisotopic (exact) mass is 222 g/mol. The highest BCUT2D eigenvalue weighted by Gasteiger charge is 2.38. The van der Waals surface area contributed by atoms with Crippen molar-refractivity contribution in [2.24, 2.45) is 5.41 Å². The first-order valence-corrected chi connectivity index (χ1v) is 6.64. The lowest BCUT2D eigenvalue weighted by Gasteiger charge is -2.37. The molecule has 0 aromatic carbocycles. The predicted octanol–water partition coefficient (Wildman–Crippen LogP) is 4.73. The molecule has 1 aromatic heterocycles. The van der Waals surface area contributed by atoms with Gasteiger partial charge in [0.25, 0.3) is 0 Å². The van der Waals surface area contributed by atoms with Gasteiger partial charge in [-0.2, -0.15) is 0 Å². The summed E-state index contributed by atoms with van der Waals surface area (Å²) in [5.74, 6) is 0.800. The van der Waals surface area contributed by atoms with Gasteiger partial charge in [-0.3, -0.25) is 0 Å². The molecule has 84 valence electrons. The Morgan fingerprint density at radius 1 is 1.13 bits per heavy atom. The summed E-state index contributed by atoms with van der Waals surface area (Å²) >= 11 is 2.04. The molecule has 1 heteroatoms. The molecule has 0 fully saturated rings. The Balaban J connectivity index is 2.30. The van der Waals surface area contributed by atoms with E-state index in [0.717, 1.165) is 5.92 Å². The van der Waals surface area contributed by atoms with Crippen LogP contribution in [0.3, 0.4) is 0 Å². The van der Waals surface area contributed by atoms with Crippen molar-refractivity contribution < 1.29 is 0 Å². The Morgan fingerprint density at radius 2 is 1.73 bits per heavy atom. The fourth-order valence-corrected chi connectivity index (χ4v) is 3.74. The maximum Gasteiger partial charge on any atom is 0.0120 e. The van der Waals surface area contributed by atoms with E-state index in [1.165, 1.54) is 6.42 Å². The molecule has 1 heterocycles. The molecule has 1 aliphatic rings. The first-order valence-electron chi connectivity index (χ1n) is 5.82. The molecule has 0 bridgehead atoms. The lowest BCUT2D eigenvalue weighted by Crippen LogP contribution is -2.27. The average Bonchev–Trinajstić information content (AvgIpc) is 2.24. The number of hydrogen-bond donors (Lipinski definition) is 0. The fourth-order valence-electron chi connectivity index (χ4n) is 2.15. The second kappa shape index (κ2) is 3.10. The number of rotatable bonds is 0.